The van der Waals surface area contributed by atoms with Crippen LogP contribution in [-0.2, 0) is 4.74 Å². The Morgan fingerprint density at radius 1 is 1.11 bits per heavy atom. The van der Waals surface area contributed by atoms with Crippen molar-refractivity contribution in [1.29, 1.82) is 0 Å². The Hall–Kier alpha value is -0.640. The molecule has 1 N–H and O–H groups in total. The molecule has 0 aliphatic rings. The van der Waals surface area contributed by atoms with Crippen LogP contribution in [0.1, 0.15) is 40.5 Å². The summed E-state index contributed by atoms with van der Waals surface area (Å²) in [5.41, 5.74) is -0.438. The molecule has 0 spiro atoms. The summed E-state index contributed by atoms with van der Waals surface area (Å²) in [7, 11) is 0. The highest BCUT2D eigenvalue weighted by atomic mass is 16.5. The molecule has 3 heteroatoms. The lowest BCUT2D eigenvalue weighted by Crippen LogP contribution is -2.29. The van der Waals surface area contributed by atoms with Crippen molar-refractivity contribution in [3.63, 3.8) is 0 Å². The van der Waals surface area contributed by atoms with Crippen LogP contribution < -0.4 is 0 Å². The SMILES string of the molecule is C/C=C/CCN(CC)CC/C=C/COC(C)(C)CO. The Morgan fingerprint density at radius 3 is 2.26 bits per heavy atom. The molecule has 0 saturated heterocycles. The Labute approximate surface area is 119 Å². The van der Waals surface area contributed by atoms with Crippen LogP contribution in [-0.4, -0.2) is 48.5 Å². The molecule has 0 unspecified atom stereocenters. The molecule has 0 atom stereocenters. The first-order valence-corrected chi connectivity index (χ1v) is 7.29. The highest BCUT2D eigenvalue weighted by Crippen LogP contribution is 2.06. The summed E-state index contributed by atoms with van der Waals surface area (Å²) in [6.45, 7) is 12.0. The predicted octanol–water partition coefficient (Wildman–Crippen LogP) is 3.01. The zero-order valence-corrected chi connectivity index (χ0v) is 13.1. The van der Waals surface area contributed by atoms with Gasteiger partial charge >= 0.3 is 0 Å². The van der Waals surface area contributed by atoms with E-state index in [0.29, 0.717) is 6.61 Å². The molecule has 0 rings (SSSR count). The molecule has 0 bridgehead atoms. The Kier molecular flexibility index (Phi) is 10.8. The molecule has 0 aromatic rings. The number of hydrogen-bond donors (Lipinski definition) is 1. The van der Waals surface area contributed by atoms with Gasteiger partial charge in [0.05, 0.1) is 18.8 Å². The monoisotopic (exact) mass is 269 g/mol. The second-order valence-corrected chi connectivity index (χ2v) is 5.28. The summed E-state index contributed by atoms with van der Waals surface area (Å²) in [4.78, 5) is 2.45. The van der Waals surface area contributed by atoms with Crippen molar-refractivity contribution in [3.05, 3.63) is 24.3 Å². The summed E-state index contributed by atoms with van der Waals surface area (Å²) < 4.78 is 5.53. The second kappa shape index (κ2) is 11.2. The van der Waals surface area contributed by atoms with E-state index >= 15 is 0 Å². The van der Waals surface area contributed by atoms with Gasteiger partial charge in [-0.25, -0.2) is 0 Å². The van der Waals surface area contributed by atoms with Crippen LogP contribution in [0.2, 0.25) is 0 Å². The van der Waals surface area contributed by atoms with E-state index in [1.165, 1.54) is 0 Å². The molecule has 0 fully saturated rings. The van der Waals surface area contributed by atoms with Gasteiger partial charge in [0.2, 0.25) is 0 Å². The fourth-order valence-electron chi connectivity index (χ4n) is 1.61. The third-order valence-corrected chi connectivity index (χ3v) is 3.02. The highest BCUT2D eigenvalue weighted by molar-refractivity contribution is 4.84. The second-order valence-electron chi connectivity index (χ2n) is 5.28. The van der Waals surface area contributed by atoms with Gasteiger partial charge in [-0.3, -0.25) is 0 Å². The number of hydrogen-bond acceptors (Lipinski definition) is 3. The molecule has 112 valence electrons. The molecule has 0 aliphatic carbocycles. The number of ether oxygens (including phenoxy) is 1. The minimum Gasteiger partial charge on any atom is -0.393 e. The molecule has 0 radical (unpaired) electrons. The van der Waals surface area contributed by atoms with Crippen molar-refractivity contribution in [1.82, 2.24) is 4.90 Å². The zero-order valence-electron chi connectivity index (χ0n) is 13.1. The van der Waals surface area contributed by atoms with Gasteiger partial charge in [-0.05, 0) is 40.2 Å². The minimum atomic E-state index is -0.438. The third-order valence-electron chi connectivity index (χ3n) is 3.02. The van der Waals surface area contributed by atoms with E-state index in [1.807, 2.05) is 19.9 Å². The van der Waals surface area contributed by atoms with Crippen LogP contribution in [0.15, 0.2) is 24.3 Å². The maximum Gasteiger partial charge on any atom is 0.0860 e. The van der Waals surface area contributed by atoms with E-state index < -0.39 is 5.60 Å². The summed E-state index contributed by atoms with van der Waals surface area (Å²) in [6.07, 6.45) is 10.7. The van der Waals surface area contributed by atoms with Gasteiger partial charge in [0.1, 0.15) is 0 Å². The van der Waals surface area contributed by atoms with Crippen molar-refractivity contribution >= 4 is 0 Å². The van der Waals surface area contributed by atoms with Gasteiger partial charge < -0.3 is 14.7 Å². The van der Waals surface area contributed by atoms with Crippen molar-refractivity contribution in [2.75, 3.05) is 32.8 Å². The minimum absolute atomic E-state index is 0.0510. The average Bonchev–Trinajstić information content (AvgIpc) is 2.40. The summed E-state index contributed by atoms with van der Waals surface area (Å²) in [6, 6.07) is 0. The molecule has 19 heavy (non-hydrogen) atoms. The van der Waals surface area contributed by atoms with Crippen LogP contribution in [0.5, 0.6) is 0 Å². The number of aliphatic hydroxyl groups is 1. The fraction of sp³-hybridized carbons (Fsp3) is 0.750. The smallest absolute Gasteiger partial charge is 0.0860 e. The average molecular weight is 269 g/mol. The lowest BCUT2D eigenvalue weighted by molar-refractivity contribution is -0.0406. The maximum atomic E-state index is 9.04. The van der Waals surface area contributed by atoms with E-state index in [1.54, 1.807) is 0 Å². The molecule has 0 amide bonds. The molecule has 0 heterocycles. The van der Waals surface area contributed by atoms with E-state index in [4.69, 9.17) is 9.84 Å². The van der Waals surface area contributed by atoms with Crippen molar-refractivity contribution in [3.8, 4) is 0 Å². The van der Waals surface area contributed by atoms with Gasteiger partial charge in [-0.15, -0.1) is 0 Å². The van der Waals surface area contributed by atoms with Gasteiger partial charge in [-0.1, -0.05) is 31.2 Å². The van der Waals surface area contributed by atoms with Crippen molar-refractivity contribution in [2.24, 2.45) is 0 Å². The largest absolute Gasteiger partial charge is 0.393 e. The van der Waals surface area contributed by atoms with Crippen LogP contribution in [0.4, 0.5) is 0 Å². The third kappa shape index (κ3) is 10.9. The van der Waals surface area contributed by atoms with Gasteiger partial charge in [0.25, 0.3) is 0 Å². The molecule has 0 aromatic carbocycles. The first-order valence-electron chi connectivity index (χ1n) is 7.29. The van der Waals surface area contributed by atoms with Crippen molar-refractivity contribution < 1.29 is 9.84 Å². The molecule has 0 aliphatic heterocycles. The lowest BCUT2D eigenvalue weighted by atomic mass is 10.1. The quantitative estimate of drug-likeness (QED) is 0.585. The molecular formula is C16H31NO2. The fourth-order valence-corrected chi connectivity index (χ4v) is 1.61. The standard InChI is InChI=1S/C16H31NO2/c1-5-7-9-12-17(6-2)13-10-8-11-14-19-16(3,4)15-18/h5,7-8,11,18H,6,9-10,12-15H2,1-4H3/b7-5+,11-8+. The summed E-state index contributed by atoms with van der Waals surface area (Å²) in [5, 5.41) is 9.04. The van der Waals surface area contributed by atoms with E-state index in [9.17, 15) is 0 Å². The number of rotatable bonds is 11. The Morgan fingerprint density at radius 2 is 1.74 bits per heavy atom. The molecule has 0 aromatic heterocycles. The summed E-state index contributed by atoms with van der Waals surface area (Å²) in [5.74, 6) is 0. The van der Waals surface area contributed by atoms with Crippen LogP contribution >= 0.6 is 0 Å². The maximum absolute atomic E-state index is 9.04. The van der Waals surface area contributed by atoms with Gasteiger partial charge in [-0.2, -0.15) is 0 Å². The lowest BCUT2D eigenvalue weighted by Gasteiger charge is -2.21. The first-order chi connectivity index (χ1) is 9.05. The molecule has 0 saturated carbocycles. The zero-order chi connectivity index (χ0) is 14.6. The van der Waals surface area contributed by atoms with Crippen LogP contribution in [0, 0.1) is 0 Å². The van der Waals surface area contributed by atoms with Crippen LogP contribution in [0.3, 0.4) is 0 Å². The summed E-state index contributed by atoms with van der Waals surface area (Å²) >= 11 is 0. The van der Waals surface area contributed by atoms with Gasteiger partial charge in [0.15, 0.2) is 0 Å². The Balaban J connectivity index is 3.69. The van der Waals surface area contributed by atoms with Gasteiger partial charge in [0, 0.05) is 13.1 Å². The van der Waals surface area contributed by atoms with Crippen molar-refractivity contribution in [2.45, 2.75) is 46.1 Å². The number of aliphatic hydroxyl groups excluding tert-OH is 1. The first kappa shape index (κ1) is 18.4. The normalized spacial score (nSPS) is 13.2. The Bertz CT molecular complexity index is 259. The number of allylic oxidation sites excluding steroid dienone is 1. The predicted molar refractivity (Wildman–Crippen MR) is 82.4 cm³/mol. The van der Waals surface area contributed by atoms with E-state index in [-0.39, 0.29) is 6.61 Å². The molecular weight excluding hydrogens is 238 g/mol. The van der Waals surface area contributed by atoms with E-state index in [0.717, 1.165) is 32.5 Å². The topological polar surface area (TPSA) is 32.7 Å². The van der Waals surface area contributed by atoms with E-state index in [2.05, 4.69) is 37.0 Å². The molecule has 3 nitrogen and oxygen atoms in total. The number of nitrogens with zero attached hydrogens (tertiary/aromatic N) is 1. The van der Waals surface area contributed by atoms with Crippen LogP contribution in [0.25, 0.3) is 0 Å². The highest BCUT2D eigenvalue weighted by Gasteiger charge is 2.15.